The molecule has 0 saturated carbocycles. The number of anilines is 2. The second-order valence-corrected chi connectivity index (χ2v) is 8.35. The molecule has 5 nitrogen and oxygen atoms in total. The van der Waals surface area contributed by atoms with E-state index in [-0.39, 0.29) is 17.6 Å². The monoisotopic (exact) mass is 453 g/mol. The Kier molecular flexibility index (Phi) is 5.95. The lowest BCUT2D eigenvalue weighted by Gasteiger charge is -2.36. The van der Waals surface area contributed by atoms with Crippen LogP contribution in [0.15, 0.2) is 91.0 Å². The van der Waals surface area contributed by atoms with E-state index in [4.69, 9.17) is 0 Å². The minimum absolute atomic E-state index is 0.0595. The van der Waals surface area contributed by atoms with Crippen LogP contribution in [0.2, 0.25) is 0 Å². The first-order chi connectivity index (χ1) is 16.6. The van der Waals surface area contributed by atoms with Crippen molar-refractivity contribution in [3.05, 3.63) is 108 Å². The molecule has 1 fully saturated rings. The molecular formula is C28H24FN3O2. The number of carbonyl (C=O) groups is 2. The Labute approximate surface area is 197 Å². The molecule has 6 heteroatoms. The van der Waals surface area contributed by atoms with Gasteiger partial charge in [-0.05, 0) is 71.4 Å². The zero-order chi connectivity index (χ0) is 23.5. The van der Waals surface area contributed by atoms with E-state index in [1.54, 1.807) is 0 Å². The van der Waals surface area contributed by atoms with Crippen LogP contribution >= 0.6 is 0 Å². The quantitative estimate of drug-likeness (QED) is 0.463. The number of piperazine rings is 1. The Hall–Kier alpha value is -4.19. The molecule has 0 bridgehead atoms. The second-order valence-electron chi connectivity index (χ2n) is 8.35. The molecule has 1 aliphatic rings. The molecule has 4 aromatic carbocycles. The average molecular weight is 454 g/mol. The van der Waals surface area contributed by atoms with Crippen LogP contribution in [0.3, 0.4) is 0 Å². The topological polar surface area (TPSA) is 52.7 Å². The largest absolute Gasteiger partial charge is 0.368 e. The molecule has 0 unspecified atom stereocenters. The van der Waals surface area contributed by atoms with Crippen LogP contribution in [-0.2, 0) is 0 Å². The van der Waals surface area contributed by atoms with Gasteiger partial charge in [0.1, 0.15) is 5.82 Å². The van der Waals surface area contributed by atoms with Crippen LogP contribution in [0.5, 0.6) is 0 Å². The van der Waals surface area contributed by atoms with Crippen molar-refractivity contribution in [1.29, 1.82) is 0 Å². The van der Waals surface area contributed by atoms with Gasteiger partial charge in [0.25, 0.3) is 11.8 Å². The third kappa shape index (κ3) is 4.62. The maximum atomic E-state index is 13.1. The van der Waals surface area contributed by atoms with Crippen LogP contribution in [0, 0.1) is 5.82 Å². The van der Waals surface area contributed by atoms with Crippen molar-refractivity contribution < 1.29 is 14.0 Å². The first kappa shape index (κ1) is 21.6. The maximum Gasteiger partial charge on any atom is 0.255 e. The number of fused-ring (bicyclic) bond motifs is 1. The van der Waals surface area contributed by atoms with Gasteiger partial charge in [0.15, 0.2) is 0 Å². The molecule has 2 amide bonds. The van der Waals surface area contributed by atoms with Crippen molar-refractivity contribution in [3.63, 3.8) is 0 Å². The summed E-state index contributed by atoms with van der Waals surface area (Å²) >= 11 is 0. The van der Waals surface area contributed by atoms with Gasteiger partial charge < -0.3 is 15.1 Å². The Morgan fingerprint density at radius 1 is 0.706 bits per heavy atom. The molecule has 1 heterocycles. The third-order valence-electron chi connectivity index (χ3n) is 6.16. The van der Waals surface area contributed by atoms with Gasteiger partial charge in [-0.2, -0.15) is 0 Å². The molecule has 1 aliphatic heterocycles. The molecule has 0 aromatic heterocycles. The van der Waals surface area contributed by atoms with E-state index in [0.717, 1.165) is 29.5 Å². The Morgan fingerprint density at radius 2 is 1.35 bits per heavy atom. The van der Waals surface area contributed by atoms with Crippen molar-refractivity contribution in [2.45, 2.75) is 0 Å². The summed E-state index contributed by atoms with van der Waals surface area (Å²) in [5.74, 6) is -0.599. The van der Waals surface area contributed by atoms with E-state index in [0.29, 0.717) is 29.9 Å². The number of nitrogens with one attached hydrogen (secondary N) is 1. The lowest BCUT2D eigenvalue weighted by molar-refractivity contribution is 0.0746. The molecule has 1 saturated heterocycles. The van der Waals surface area contributed by atoms with Crippen molar-refractivity contribution in [2.24, 2.45) is 0 Å². The van der Waals surface area contributed by atoms with Crippen molar-refractivity contribution in [2.75, 3.05) is 36.4 Å². The summed E-state index contributed by atoms with van der Waals surface area (Å²) in [4.78, 5) is 29.5. The zero-order valence-electron chi connectivity index (χ0n) is 18.6. The number of amides is 2. The van der Waals surface area contributed by atoms with Crippen LogP contribution < -0.4 is 10.2 Å². The molecule has 34 heavy (non-hydrogen) atoms. The molecular weight excluding hydrogens is 429 g/mol. The van der Waals surface area contributed by atoms with Crippen molar-refractivity contribution in [1.82, 2.24) is 4.90 Å². The van der Waals surface area contributed by atoms with Crippen molar-refractivity contribution >= 4 is 34.0 Å². The van der Waals surface area contributed by atoms with Gasteiger partial charge in [-0.25, -0.2) is 4.39 Å². The number of hydrogen-bond acceptors (Lipinski definition) is 3. The van der Waals surface area contributed by atoms with Gasteiger partial charge in [0, 0.05) is 48.7 Å². The highest BCUT2D eigenvalue weighted by atomic mass is 19.1. The minimum atomic E-state index is -0.375. The summed E-state index contributed by atoms with van der Waals surface area (Å²) in [6.45, 7) is 2.77. The highest BCUT2D eigenvalue weighted by Crippen LogP contribution is 2.22. The number of hydrogen-bond donors (Lipinski definition) is 1. The van der Waals surface area contributed by atoms with Crippen LogP contribution in [0.1, 0.15) is 20.7 Å². The summed E-state index contributed by atoms with van der Waals surface area (Å²) in [5, 5.41) is 5.02. The first-order valence-corrected chi connectivity index (χ1v) is 11.3. The minimum Gasteiger partial charge on any atom is -0.368 e. The normalized spacial score (nSPS) is 13.7. The zero-order valence-corrected chi connectivity index (χ0v) is 18.6. The van der Waals surface area contributed by atoms with E-state index in [9.17, 15) is 14.0 Å². The van der Waals surface area contributed by atoms with Crippen LogP contribution in [-0.4, -0.2) is 42.9 Å². The number of rotatable bonds is 4. The smallest absolute Gasteiger partial charge is 0.255 e. The molecule has 4 aromatic rings. The average Bonchev–Trinajstić information content (AvgIpc) is 2.89. The molecule has 170 valence electrons. The van der Waals surface area contributed by atoms with E-state index >= 15 is 0 Å². The molecule has 0 aliphatic carbocycles. The van der Waals surface area contributed by atoms with E-state index in [1.165, 1.54) is 24.3 Å². The molecule has 0 radical (unpaired) electrons. The van der Waals surface area contributed by atoms with E-state index < -0.39 is 0 Å². The summed E-state index contributed by atoms with van der Waals surface area (Å²) in [6.07, 6.45) is 0. The predicted octanol–water partition coefficient (Wildman–Crippen LogP) is 5.19. The number of halogens is 1. The van der Waals surface area contributed by atoms with Crippen LogP contribution in [0.25, 0.3) is 10.8 Å². The van der Waals surface area contributed by atoms with Crippen molar-refractivity contribution in [3.8, 4) is 0 Å². The number of benzene rings is 4. The Bertz CT molecular complexity index is 1330. The highest BCUT2D eigenvalue weighted by molar-refractivity contribution is 6.04. The SMILES string of the molecule is O=C(Nc1ccc(N2CCN(C(=O)c3ccc4ccccc4c3)CC2)cc1)c1ccc(F)cc1. The molecule has 0 spiro atoms. The summed E-state index contributed by atoms with van der Waals surface area (Å²) in [6, 6.07) is 27.0. The van der Waals surface area contributed by atoms with Gasteiger partial charge in [-0.1, -0.05) is 30.3 Å². The summed E-state index contributed by atoms with van der Waals surface area (Å²) in [7, 11) is 0. The van der Waals surface area contributed by atoms with Gasteiger partial charge in [-0.15, -0.1) is 0 Å². The van der Waals surface area contributed by atoms with Gasteiger partial charge >= 0.3 is 0 Å². The predicted molar refractivity (Wildman–Crippen MR) is 133 cm³/mol. The number of nitrogens with zero attached hydrogens (tertiary/aromatic N) is 2. The number of carbonyl (C=O) groups excluding carboxylic acids is 2. The van der Waals surface area contributed by atoms with Gasteiger partial charge in [0.05, 0.1) is 0 Å². The highest BCUT2D eigenvalue weighted by Gasteiger charge is 2.22. The molecule has 5 rings (SSSR count). The maximum absolute atomic E-state index is 13.1. The standard InChI is InChI=1S/C28H24FN3O2/c29-24-9-7-21(8-10-24)27(33)30-25-11-13-26(14-12-25)31-15-17-32(18-16-31)28(34)23-6-5-20-3-1-2-4-22(20)19-23/h1-14,19H,15-18H2,(H,30,33). The second kappa shape index (κ2) is 9.35. The fourth-order valence-corrected chi connectivity index (χ4v) is 4.23. The molecule has 0 atom stereocenters. The lowest BCUT2D eigenvalue weighted by atomic mass is 10.1. The Morgan fingerprint density at radius 3 is 2.06 bits per heavy atom. The lowest BCUT2D eigenvalue weighted by Crippen LogP contribution is -2.48. The van der Waals surface area contributed by atoms with Crippen LogP contribution in [0.4, 0.5) is 15.8 Å². The van der Waals surface area contributed by atoms with Gasteiger partial charge in [0.2, 0.25) is 0 Å². The fourth-order valence-electron chi connectivity index (χ4n) is 4.23. The summed E-state index contributed by atoms with van der Waals surface area (Å²) < 4.78 is 13.1. The first-order valence-electron chi connectivity index (χ1n) is 11.3. The van der Waals surface area contributed by atoms with E-state index in [2.05, 4.69) is 10.2 Å². The molecule has 1 N–H and O–H groups in total. The summed E-state index contributed by atoms with van der Waals surface area (Å²) in [5.41, 5.74) is 2.83. The van der Waals surface area contributed by atoms with E-state index in [1.807, 2.05) is 71.6 Å². The Balaban J connectivity index is 1.18. The third-order valence-corrected chi connectivity index (χ3v) is 6.16. The fraction of sp³-hybridized carbons (Fsp3) is 0.143. The van der Waals surface area contributed by atoms with Gasteiger partial charge in [-0.3, -0.25) is 9.59 Å².